The number of hydrogen-bond acceptors (Lipinski definition) is 3. The summed E-state index contributed by atoms with van der Waals surface area (Å²) in [6, 6.07) is 14.0. The van der Waals surface area contributed by atoms with E-state index in [1.165, 1.54) is 0 Å². The summed E-state index contributed by atoms with van der Waals surface area (Å²) in [4.78, 5) is 0. The summed E-state index contributed by atoms with van der Waals surface area (Å²) >= 11 is 0. The molecular formula is C12H9N3O. The van der Waals surface area contributed by atoms with Crippen LogP contribution in [-0.2, 0) is 0 Å². The molecule has 0 atom stereocenters. The van der Waals surface area contributed by atoms with Crippen LogP contribution >= 0.6 is 0 Å². The minimum Gasteiger partial charge on any atom is -0.436 e. The fourth-order valence-corrected chi connectivity index (χ4v) is 1.64. The van der Waals surface area contributed by atoms with Crippen LogP contribution in [0.15, 0.2) is 48.7 Å². The first-order valence-electron chi connectivity index (χ1n) is 4.95. The van der Waals surface area contributed by atoms with Crippen molar-refractivity contribution in [2.45, 2.75) is 0 Å². The van der Waals surface area contributed by atoms with Crippen LogP contribution in [0.5, 0.6) is 11.6 Å². The molecule has 0 bridgehead atoms. The van der Waals surface area contributed by atoms with Gasteiger partial charge in [-0.05, 0) is 11.5 Å². The van der Waals surface area contributed by atoms with Crippen LogP contribution in [0.25, 0.3) is 10.8 Å². The molecule has 0 saturated carbocycles. The van der Waals surface area contributed by atoms with Gasteiger partial charge in [0.2, 0.25) is 0 Å². The van der Waals surface area contributed by atoms with Crippen LogP contribution in [-0.4, -0.2) is 15.4 Å². The molecule has 0 amide bonds. The fraction of sp³-hybridized carbons (Fsp3) is 0. The Morgan fingerprint density at radius 2 is 1.88 bits per heavy atom. The average molecular weight is 211 g/mol. The number of ether oxygens (including phenoxy) is 1. The van der Waals surface area contributed by atoms with Crippen molar-refractivity contribution < 1.29 is 4.74 Å². The highest BCUT2D eigenvalue weighted by atomic mass is 16.5. The van der Waals surface area contributed by atoms with Crippen molar-refractivity contribution in [2.75, 3.05) is 0 Å². The largest absolute Gasteiger partial charge is 0.436 e. The first-order valence-corrected chi connectivity index (χ1v) is 4.95. The van der Waals surface area contributed by atoms with E-state index in [-0.39, 0.29) is 0 Å². The Morgan fingerprint density at radius 3 is 2.75 bits per heavy atom. The molecule has 0 fully saturated rings. The van der Waals surface area contributed by atoms with Gasteiger partial charge < -0.3 is 4.74 Å². The molecule has 4 nitrogen and oxygen atoms in total. The summed E-state index contributed by atoms with van der Waals surface area (Å²) in [6.07, 6.45) is 1.54. The van der Waals surface area contributed by atoms with E-state index in [0.29, 0.717) is 5.88 Å². The summed E-state index contributed by atoms with van der Waals surface area (Å²) in [5.74, 6) is 1.25. The highest BCUT2D eigenvalue weighted by Crippen LogP contribution is 2.28. The van der Waals surface area contributed by atoms with Crippen LogP contribution in [0.2, 0.25) is 0 Å². The summed E-state index contributed by atoms with van der Waals surface area (Å²) < 4.78 is 5.63. The lowest BCUT2D eigenvalue weighted by atomic mass is 10.1. The van der Waals surface area contributed by atoms with Gasteiger partial charge in [-0.15, -0.1) is 5.10 Å². The van der Waals surface area contributed by atoms with Crippen LogP contribution < -0.4 is 4.74 Å². The molecule has 0 spiro atoms. The molecule has 2 aromatic carbocycles. The Hall–Kier alpha value is -2.36. The zero-order valence-electron chi connectivity index (χ0n) is 8.42. The lowest BCUT2D eigenvalue weighted by Crippen LogP contribution is -1.85. The number of hydrogen-bond donors (Lipinski definition) is 1. The van der Waals surface area contributed by atoms with Crippen molar-refractivity contribution >= 4 is 10.8 Å². The maximum atomic E-state index is 5.63. The second-order valence-corrected chi connectivity index (χ2v) is 3.39. The SMILES string of the molecule is c1ccc2c(Oc3cn[nH]n3)cccc2c1. The van der Waals surface area contributed by atoms with Gasteiger partial charge in [0.05, 0.1) is 0 Å². The molecule has 78 valence electrons. The quantitative estimate of drug-likeness (QED) is 0.709. The van der Waals surface area contributed by atoms with Gasteiger partial charge >= 0.3 is 0 Å². The number of rotatable bonds is 2. The van der Waals surface area contributed by atoms with Crippen LogP contribution in [0.1, 0.15) is 0 Å². The molecule has 1 aromatic heterocycles. The third-order valence-electron chi connectivity index (χ3n) is 2.36. The van der Waals surface area contributed by atoms with E-state index < -0.39 is 0 Å². The second kappa shape index (κ2) is 3.66. The molecule has 0 aliphatic carbocycles. The molecule has 16 heavy (non-hydrogen) atoms. The third kappa shape index (κ3) is 1.50. The predicted octanol–water partition coefficient (Wildman–Crippen LogP) is 2.75. The van der Waals surface area contributed by atoms with E-state index in [0.717, 1.165) is 16.5 Å². The molecule has 0 radical (unpaired) electrons. The number of H-pyrrole nitrogens is 1. The summed E-state index contributed by atoms with van der Waals surface area (Å²) in [6.45, 7) is 0. The Morgan fingerprint density at radius 1 is 1.00 bits per heavy atom. The summed E-state index contributed by atoms with van der Waals surface area (Å²) in [5, 5.41) is 12.3. The molecule has 0 aliphatic rings. The van der Waals surface area contributed by atoms with E-state index in [9.17, 15) is 0 Å². The van der Waals surface area contributed by atoms with Crippen molar-refractivity contribution in [1.29, 1.82) is 0 Å². The molecule has 4 heteroatoms. The van der Waals surface area contributed by atoms with Gasteiger partial charge in [0.15, 0.2) is 0 Å². The normalized spacial score (nSPS) is 10.5. The molecule has 1 N–H and O–H groups in total. The standard InChI is InChI=1S/C12H9N3O/c1-2-6-10-9(4-1)5-3-7-11(10)16-12-8-13-15-14-12/h1-8H,(H,13,14,15). The van der Waals surface area contributed by atoms with E-state index in [4.69, 9.17) is 4.74 Å². The maximum Gasteiger partial charge on any atom is 0.258 e. The smallest absolute Gasteiger partial charge is 0.258 e. The minimum absolute atomic E-state index is 0.469. The first-order chi connectivity index (χ1) is 7.93. The molecule has 3 aromatic rings. The van der Waals surface area contributed by atoms with Crippen molar-refractivity contribution in [2.24, 2.45) is 0 Å². The monoisotopic (exact) mass is 211 g/mol. The molecule has 1 heterocycles. The third-order valence-corrected chi connectivity index (χ3v) is 2.36. The molecule has 3 rings (SSSR count). The van der Waals surface area contributed by atoms with Gasteiger partial charge in [0.1, 0.15) is 11.9 Å². The second-order valence-electron chi connectivity index (χ2n) is 3.39. The number of benzene rings is 2. The van der Waals surface area contributed by atoms with E-state index in [1.54, 1.807) is 6.20 Å². The zero-order chi connectivity index (χ0) is 10.8. The van der Waals surface area contributed by atoms with Crippen molar-refractivity contribution in [3.8, 4) is 11.6 Å². The average Bonchev–Trinajstić information content (AvgIpc) is 2.82. The predicted molar refractivity (Wildman–Crippen MR) is 60.4 cm³/mol. The van der Waals surface area contributed by atoms with Crippen LogP contribution in [0.4, 0.5) is 0 Å². The van der Waals surface area contributed by atoms with Crippen LogP contribution in [0.3, 0.4) is 0 Å². The van der Waals surface area contributed by atoms with Gasteiger partial charge in [0.25, 0.3) is 5.88 Å². The van der Waals surface area contributed by atoms with Gasteiger partial charge in [-0.25, -0.2) is 0 Å². The topological polar surface area (TPSA) is 50.8 Å². The Bertz CT molecular complexity index is 599. The minimum atomic E-state index is 0.469. The van der Waals surface area contributed by atoms with Crippen molar-refractivity contribution in [3.63, 3.8) is 0 Å². The van der Waals surface area contributed by atoms with Crippen LogP contribution in [0, 0.1) is 0 Å². The van der Waals surface area contributed by atoms with E-state index >= 15 is 0 Å². The Labute approximate surface area is 91.9 Å². The van der Waals surface area contributed by atoms with Crippen molar-refractivity contribution in [1.82, 2.24) is 15.4 Å². The highest BCUT2D eigenvalue weighted by Gasteiger charge is 2.03. The Kier molecular flexibility index (Phi) is 2.04. The molecule has 0 aliphatic heterocycles. The fourth-order valence-electron chi connectivity index (χ4n) is 1.64. The molecule has 0 saturated heterocycles. The zero-order valence-corrected chi connectivity index (χ0v) is 8.42. The lowest BCUT2D eigenvalue weighted by molar-refractivity contribution is 0.467. The first kappa shape index (κ1) is 8.91. The number of nitrogens with one attached hydrogen (secondary N) is 1. The summed E-state index contributed by atoms with van der Waals surface area (Å²) in [5.41, 5.74) is 0. The highest BCUT2D eigenvalue weighted by molar-refractivity contribution is 5.88. The number of aromatic amines is 1. The summed E-state index contributed by atoms with van der Waals surface area (Å²) in [7, 11) is 0. The number of nitrogens with zero attached hydrogens (tertiary/aromatic N) is 2. The van der Waals surface area contributed by atoms with Gasteiger partial charge in [0, 0.05) is 5.39 Å². The van der Waals surface area contributed by atoms with Crippen molar-refractivity contribution in [3.05, 3.63) is 48.7 Å². The molecule has 0 unspecified atom stereocenters. The van der Waals surface area contributed by atoms with Gasteiger partial charge in [-0.2, -0.15) is 10.3 Å². The molecular weight excluding hydrogens is 202 g/mol. The number of aromatic nitrogens is 3. The lowest BCUT2D eigenvalue weighted by Gasteiger charge is -2.05. The maximum absolute atomic E-state index is 5.63. The Balaban J connectivity index is 2.10. The number of fused-ring (bicyclic) bond motifs is 1. The van der Waals surface area contributed by atoms with Gasteiger partial charge in [-0.3, -0.25) is 0 Å². The van der Waals surface area contributed by atoms with E-state index in [2.05, 4.69) is 15.4 Å². The van der Waals surface area contributed by atoms with E-state index in [1.807, 2.05) is 42.5 Å². The van der Waals surface area contributed by atoms with Gasteiger partial charge in [-0.1, -0.05) is 36.4 Å².